The Morgan fingerprint density at radius 3 is 2.21 bits per heavy atom. The zero-order valence-electron chi connectivity index (χ0n) is 10.6. The summed E-state index contributed by atoms with van der Waals surface area (Å²) in [7, 11) is 0. The number of likely N-dealkylation sites (tertiary alicyclic amines) is 2. The number of carbonyl (C=O) groups excluding carboxylic acids is 1. The maximum absolute atomic E-state index is 11.1. The van der Waals surface area contributed by atoms with Crippen LogP contribution in [0.2, 0.25) is 5.02 Å². The van der Waals surface area contributed by atoms with E-state index in [1.165, 1.54) is 5.56 Å². The Morgan fingerprint density at radius 1 is 1.11 bits per heavy atom. The van der Waals surface area contributed by atoms with Crippen LogP contribution in [0.4, 0.5) is 4.79 Å². The molecule has 1 aromatic carbocycles. The molecule has 102 valence electrons. The van der Waals surface area contributed by atoms with Gasteiger partial charge in [-0.05, 0) is 41.1 Å². The van der Waals surface area contributed by atoms with E-state index in [1.54, 1.807) is 4.90 Å². The van der Waals surface area contributed by atoms with Crippen LogP contribution >= 0.6 is 23.2 Å². The number of rotatable bonds is 2. The summed E-state index contributed by atoms with van der Waals surface area (Å²) < 4.78 is 0. The zero-order chi connectivity index (χ0) is 13.4. The molecule has 0 saturated carbocycles. The number of carbonyl (C=O) groups is 1. The normalized spacial score (nSPS) is 26.7. The number of benzene rings is 1. The summed E-state index contributed by atoms with van der Waals surface area (Å²) >= 11 is 11.4. The molecule has 2 aliphatic rings. The average Bonchev–Trinajstić information content (AvgIpc) is 2.90. The second-order valence-corrected chi connectivity index (χ2v) is 6.26. The van der Waals surface area contributed by atoms with Gasteiger partial charge in [-0.15, -0.1) is 0 Å². The number of amides is 1. The predicted octanol–water partition coefficient (Wildman–Crippen LogP) is 3.06. The van der Waals surface area contributed by atoms with Crippen LogP contribution in [0, 0.1) is 11.8 Å². The molecular formula is C14H16Cl2N2O. The Kier molecular flexibility index (Phi) is 3.70. The van der Waals surface area contributed by atoms with Gasteiger partial charge in [-0.3, -0.25) is 9.69 Å². The molecule has 0 bridgehead atoms. The van der Waals surface area contributed by atoms with E-state index in [9.17, 15) is 4.79 Å². The molecule has 0 radical (unpaired) electrons. The van der Waals surface area contributed by atoms with Gasteiger partial charge in [0, 0.05) is 37.7 Å². The Hall–Kier alpha value is -0.770. The molecule has 0 aromatic heterocycles. The van der Waals surface area contributed by atoms with Crippen LogP contribution < -0.4 is 0 Å². The van der Waals surface area contributed by atoms with E-state index >= 15 is 0 Å². The molecule has 2 unspecified atom stereocenters. The lowest BCUT2D eigenvalue weighted by Gasteiger charge is -2.20. The highest BCUT2D eigenvalue weighted by molar-refractivity contribution is 6.62. The Balaban J connectivity index is 1.57. The molecule has 3 rings (SSSR count). The fraction of sp³-hybridized carbons (Fsp3) is 0.500. The molecule has 2 saturated heterocycles. The van der Waals surface area contributed by atoms with E-state index < -0.39 is 0 Å². The number of hydrogen-bond donors (Lipinski definition) is 0. The van der Waals surface area contributed by atoms with Gasteiger partial charge in [0.05, 0.1) is 0 Å². The van der Waals surface area contributed by atoms with Crippen molar-refractivity contribution in [2.45, 2.75) is 6.54 Å². The van der Waals surface area contributed by atoms with Crippen molar-refractivity contribution in [3.8, 4) is 0 Å². The van der Waals surface area contributed by atoms with Gasteiger partial charge in [0.1, 0.15) is 0 Å². The van der Waals surface area contributed by atoms with Crippen LogP contribution in [-0.4, -0.2) is 41.3 Å². The van der Waals surface area contributed by atoms with Gasteiger partial charge >= 0.3 is 5.37 Å². The maximum atomic E-state index is 11.1. The van der Waals surface area contributed by atoms with E-state index in [0.717, 1.165) is 37.7 Å². The number of fused-ring (bicyclic) bond motifs is 1. The SMILES string of the molecule is O=C(Cl)N1CC2CN(Cc3ccc(Cl)cc3)CC2C1. The minimum atomic E-state index is -0.307. The van der Waals surface area contributed by atoms with Crippen molar-refractivity contribution < 1.29 is 4.79 Å². The minimum Gasteiger partial charge on any atom is -0.329 e. The summed E-state index contributed by atoms with van der Waals surface area (Å²) in [6.07, 6.45) is 0. The monoisotopic (exact) mass is 298 g/mol. The van der Waals surface area contributed by atoms with Gasteiger partial charge in [0.2, 0.25) is 0 Å². The molecule has 2 atom stereocenters. The number of halogens is 2. The lowest BCUT2D eigenvalue weighted by Crippen LogP contribution is -2.30. The van der Waals surface area contributed by atoms with Crippen LogP contribution in [-0.2, 0) is 6.54 Å². The standard InChI is InChI=1S/C14H16Cl2N2O/c15-13-3-1-10(2-4-13)5-17-6-11-8-18(14(16)19)9-12(11)7-17/h1-4,11-12H,5-9H2. The summed E-state index contributed by atoms with van der Waals surface area (Å²) in [5, 5.41) is 0.469. The van der Waals surface area contributed by atoms with Crippen LogP contribution in [0.15, 0.2) is 24.3 Å². The van der Waals surface area contributed by atoms with Crippen LogP contribution in [0.1, 0.15) is 5.56 Å². The van der Waals surface area contributed by atoms with Gasteiger partial charge in [0.15, 0.2) is 0 Å². The second kappa shape index (κ2) is 5.31. The van der Waals surface area contributed by atoms with Crippen molar-refractivity contribution in [1.29, 1.82) is 0 Å². The van der Waals surface area contributed by atoms with Crippen molar-refractivity contribution in [3.63, 3.8) is 0 Å². The molecule has 2 aliphatic heterocycles. The molecule has 0 N–H and O–H groups in total. The van der Waals surface area contributed by atoms with Crippen molar-refractivity contribution >= 4 is 28.6 Å². The quantitative estimate of drug-likeness (QED) is 0.619. The largest absolute Gasteiger partial charge is 0.329 e. The Bertz CT molecular complexity index is 463. The van der Waals surface area contributed by atoms with E-state index in [1.807, 2.05) is 12.1 Å². The van der Waals surface area contributed by atoms with E-state index in [2.05, 4.69) is 17.0 Å². The number of hydrogen-bond acceptors (Lipinski definition) is 2. The first kappa shape index (κ1) is 13.2. The predicted molar refractivity (Wildman–Crippen MR) is 76.5 cm³/mol. The summed E-state index contributed by atoms with van der Waals surface area (Å²) in [5.41, 5.74) is 1.29. The maximum Gasteiger partial charge on any atom is 0.316 e. The third kappa shape index (κ3) is 2.88. The Labute approximate surface area is 123 Å². The van der Waals surface area contributed by atoms with E-state index in [-0.39, 0.29) is 5.37 Å². The fourth-order valence-electron chi connectivity index (χ4n) is 3.21. The molecule has 2 heterocycles. The number of nitrogens with zero attached hydrogens (tertiary/aromatic N) is 2. The molecule has 19 heavy (non-hydrogen) atoms. The first-order chi connectivity index (χ1) is 9.11. The molecule has 0 spiro atoms. The lowest BCUT2D eigenvalue weighted by atomic mass is 10.0. The molecule has 2 fully saturated rings. The van der Waals surface area contributed by atoms with Gasteiger partial charge in [-0.1, -0.05) is 23.7 Å². The zero-order valence-corrected chi connectivity index (χ0v) is 12.1. The smallest absolute Gasteiger partial charge is 0.316 e. The molecule has 5 heteroatoms. The summed E-state index contributed by atoms with van der Waals surface area (Å²) in [6, 6.07) is 8.01. The third-order valence-corrected chi connectivity index (χ3v) is 4.62. The summed E-state index contributed by atoms with van der Waals surface area (Å²) in [6.45, 7) is 4.68. The topological polar surface area (TPSA) is 23.6 Å². The van der Waals surface area contributed by atoms with Crippen molar-refractivity contribution in [1.82, 2.24) is 9.80 Å². The van der Waals surface area contributed by atoms with Gasteiger partial charge in [0.25, 0.3) is 0 Å². The van der Waals surface area contributed by atoms with Gasteiger partial charge in [-0.25, -0.2) is 0 Å². The van der Waals surface area contributed by atoms with Gasteiger partial charge in [-0.2, -0.15) is 0 Å². The molecule has 3 nitrogen and oxygen atoms in total. The molecule has 1 amide bonds. The highest BCUT2D eigenvalue weighted by atomic mass is 35.5. The first-order valence-corrected chi connectivity index (χ1v) is 7.28. The van der Waals surface area contributed by atoms with E-state index in [4.69, 9.17) is 23.2 Å². The fourth-order valence-corrected chi connectivity index (χ4v) is 3.47. The minimum absolute atomic E-state index is 0.307. The average molecular weight is 299 g/mol. The first-order valence-electron chi connectivity index (χ1n) is 6.53. The van der Waals surface area contributed by atoms with Crippen LogP contribution in [0.5, 0.6) is 0 Å². The van der Waals surface area contributed by atoms with Crippen LogP contribution in [0.3, 0.4) is 0 Å². The van der Waals surface area contributed by atoms with Crippen molar-refractivity contribution in [2.75, 3.05) is 26.2 Å². The highest BCUT2D eigenvalue weighted by Crippen LogP contribution is 2.32. The van der Waals surface area contributed by atoms with Crippen molar-refractivity contribution in [2.24, 2.45) is 11.8 Å². The summed E-state index contributed by atoms with van der Waals surface area (Å²) in [5.74, 6) is 1.16. The lowest BCUT2D eigenvalue weighted by molar-refractivity contribution is 0.221. The third-order valence-electron chi connectivity index (χ3n) is 4.13. The van der Waals surface area contributed by atoms with E-state index in [0.29, 0.717) is 11.8 Å². The highest BCUT2D eigenvalue weighted by Gasteiger charge is 2.40. The molecular weight excluding hydrogens is 283 g/mol. The Morgan fingerprint density at radius 2 is 1.68 bits per heavy atom. The summed E-state index contributed by atoms with van der Waals surface area (Å²) in [4.78, 5) is 15.4. The molecule has 1 aromatic rings. The van der Waals surface area contributed by atoms with Crippen molar-refractivity contribution in [3.05, 3.63) is 34.9 Å². The van der Waals surface area contributed by atoms with Crippen LogP contribution in [0.25, 0.3) is 0 Å². The van der Waals surface area contributed by atoms with Gasteiger partial charge < -0.3 is 4.90 Å². The molecule has 0 aliphatic carbocycles. The second-order valence-electron chi connectivity index (χ2n) is 5.50.